The second kappa shape index (κ2) is 5.72. The van der Waals surface area contributed by atoms with Crippen LogP contribution < -0.4 is 11.2 Å². The molecule has 0 fully saturated rings. The third kappa shape index (κ3) is 3.00. The molecule has 0 bridgehead atoms. The molecule has 0 amide bonds. The van der Waals surface area contributed by atoms with Gasteiger partial charge in [0.2, 0.25) is 0 Å². The largest absolute Gasteiger partial charge is 0.329 e. The molecule has 7 nitrogen and oxygen atoms in total. The third-order valence-corrected chi connectivity index (χ3v) is 4.39. The first-order valence-corrected chi connectivity index (χ1v) is 9.18. The summed E-state index contributed by atoms with van der Waals surface area (Å²) in [5, 5.41) is 0.253. The fourth-order valence-corrected chi connectivity index (χ4v) is 3.30. The van der Waals surface area contributed by atoms with Crippen molar-refractivity contribution in [1.29, 1.82) is 0 Å². The van der Waals surface area contributed by atoms with E-state index in [2.05, 4.69) is 9.97 Å². The van der Waals surface area contributed by atoms with Gasteiger partial charge in [-0.05, 0) is 36.2 Å². The first-order valence-electron chi connectivity index (χ1n) is 7.12. The van der Waals surface area contributed by atoms with E-state index in [1.165, 1.54) is 0 Å². The lowest BCUT2D eigenvalue weighted by atomic mass is 10.00. The van der Waals surface area contributed by atoms with E-state index in [1.807, 2.05) is 13.0 Å². The van der Waals surface area contributed by atoms with Crippen molar-refractivity contribution >= 4 is 20.7 Å². The topological polar surface area (TPSA) is 102 Å². The monoisotopic (exact) mass is 345 g/mol. The van der Waals surface area contributed by atoms with Crippen LogP contribution in [0.25, 0.3) is 22.0 Å². The summed E-state index contributed by atoms with van der Waals surface area (Å²) >= 11 is 0. The Kier molecular flexibility index (Phi) is 3.84. The first-order chi connectivity index (χ1) is 11.3. The number of aryl methyl sites for hydroxylation is 1. The van der Waals surface area contributed by atoms with Crippen molar-refractivity contribution in [3.05, 3.63) is 63.1 Å². The van der Waals surface area contributed by atoms with Crippen molar-refractivity contribution in [3.63, 3.8) is 0 Å². The van der Waals surface area contributed by atoms with Crippen molar-refractivity contribution in [2.45, 2.75) is 12.8 Å². The molecule has 0 atom stereocenters. The second-order valence-electron chi connectivity index (χ2n) is 5.67. The molecule has 124 valence electrons. The van der Waals surface area contributed by atoms with Crippen molar-refractivity contribution in [1.82, 2.24) is 14.5 Å². The molecule has 0 radical (unpaired) electrons. The van der Waals surface area contributed by atoms with Crippen LogP contribution in [0.3, 0.4) is 0 Å². The fourth-order valence-electron chi connectivity index (χ4n) is 2.59. The molecule has 3 rings (SSSR count). The number of nitrogens with one attached hydrogen (secondary N) is 1. The van der Waals surface area contributed by atoms with Gasteiger partial charge in [-0.15, -0.1) is 0 Å². The van der Waals surface area contributed by atoms with Gasteiger partial charge in [-0.2, -0.15) is 0 Å². The van der Waals surface area contributed by atoms with Crippen LogP contribution in [0, 0.1) is 6.92 Å². The Labute approximate surface area is 137 Å². The molecular formula is C16H15N3O4S. The summed E-state index contributed by atoms with van der Waals surface area (Å²) in [7, 11) is -3.53. The van der Waals surface area contributed by atoms with Crippen LogP contribution in [0.5, 0.6) is 0 Å². The molecule has 2 aromatic heterocycles. The summed E-state index contributed by atoms with van der Waals surface area (Å²) in [5.41, 5.74) is 1.49. The van der Waals surface area contributed by atoms with Gasteiger partial charge < -0.3 is 4.98 Å². The maximum absolute atomic E-state index is 12.6. The van der Waals surface area contributed by atoms with Gasteiger partial charge in [-0.3, -0.25) is 9.78 Å². The van der Waals surface area contributed by atoms with E-state index in [-0.39, 0.29) is 5.39 Å². The lowest BCUT2D eigenvalue weighted by Crippen LogP contribution is -2.37. The zero-order chi connectivity index (χ0) is 17.5. The molecule has 8 heteroatoms. The molecule has 24 heavy (non-hydrogen) atoms. The average molecular weight is 345 g/mol. The Bertz CT molecular complexity index is 1150. The summed E-state index contributed by atoms with van der Waals surface area (Å²) in [4.78, 5) is 31.2. The van der Waals surface area contributed by atoms with Gasteiger partial charge in [-0.1, -0.05) is 6.07 Å². The summed E-state index contributed by atoms with van der Waals surface area (Å²) < 4.78 is 23.6. The van der Waals surface area contributed by atoms with Crippen LogP contribution in [0.4, 0.5) is 0 Å². The first kappa shape index (κ1) is 16.1. The van der Waals surface area contributed by atoms with E-state index in [9.17, 15) is 18.0 Å². The molecule has 1 aromatic carbocycles. The number of H-pyrrole nitrogens is 1. The Morgan fingerprint density at radius 2 is 2.00 bits per heavy atom. The van der Waals surface area contributed by atoms with E-state index in [1.54, 1.807) is 30.6 Å². The fraction of sp³-hybridized carbons (Fsp3) is 0.188. The predicted molar refractivity (Wildman–Crippen MR) is 91.6 cm³/mol. The number of aromatic nitrogens is 3. The van der Waals surface area contributed by atoms with Gasteiger partial charge in [0.05, 0.1) is 10.9 Å². The number of nitrogens with zero attached hydrogens (tertiary/aromatic N) is 2. The van der Waals surface area contributed by atoms with E-state index < -0.39 is 27.0 Å². The SMILES string of the molecule is Cc1cc2[nH]c(=O)n(CS(C)(=O)=O)c(=O)c2cc1-c1cccnc1. The highest BCUT2D eigenvalue weighted by atomic mass is 32.2. The smallest absolute Gasteiger partial charge is 0.307 e. The maximum Gasteiger partial charge on any atom is 0.329 e. The lowest BCUT2D eigenvalue weighted by Gasteiger charge is -2.10. The standard InChI is InChI=1S/C16H15N3O4S/c1-10-6-14-13(7-12(10)11-4-3-5-17-8-11)15(20)19(16(21)18-14)9-24(2,22)23/h3-8H,9H2,1-2H3,(H,18,21). The zero-order valence-electron chi connectivity index (χ0n) is 13.1. The average Bonchev–Trinajstić information content (AvgIpc) is 2.51. The normalized spacial score (nSPS) is 11.8. The van der Waals surface area contributed by atoms with Crippen molar-refractivity contribution in [2.75, 3.05) is 6.26 Å². The number of hydrogen-bond acceptors (Lipinski definition) is 5. The zero-order valence-corrected chi connectivity index (χ0v) is 13.9. The van der Waals surface area contributed by atoms with E-state index in [4.69, 9.17) is 0 Å². The van der Waals surface area contributed by atoms with Crippen LogP contribution in [0.1, 0.15) is 5.56 Å². The van der Waals surface area contributed by atoms with Crippen LogP contribution >= 0.6 is 0 Å². The molecule has 0 spiro atoms. The second-order valence-corrected chi connectivity index (χ2v) is 7.78. The molecule has 2 heterocycles. The van der Waals surface area contributed by atoms with Crippen LogP contribution in [-0.2, 0) is 15.7 Å². The summed E-state index contributed by atoms with van der Waals surface area (Å²) in [6, 6.07) is 7.00. The summed E-state index contributed by atoms with van der Waals surface area (Å²) in [6.07, 6.45) is 4.30. The molecule has 0 aliphatic rings. The van der Waals surface area contributed by atoms with Crippen LogP contribution in [0.15, 0.2) is 46.2 Å². The number of fused-ring (bicyclic) bond motifs is 1. The van der Waals surface area contributed by atoms with Crippen molar-refractivity contribution < 1.29 is 8.42 Å². The van der Waals surface area contributed by atoms with Crippen LogP contribution in [-0.4, -0.2) is 29.2 Å². The third-order valence-electron chi connectivity index (χ3n) is 3.66. The van der Waals surface area contributed by atoms with Gasteiger partial charge >= 0.3 is 5.69 Å². The maximum atomic E-state index is 12.6. The molecule has 0 saturated heterocycles. The highest BCUT2D eigenvalue weighted by Crippen LogP contribution is 2.25. The van der Waals surface area contributed by atoms with E-state index in [0.29, 0.717) is 10.1 Å². The number of benzene rings is 1. The highest BCUT2D eigenvalue weighted by molar-refractivity contribution is 7.89. The molecule has 0 unspecified atom stereocenters. The minimum atomic E-state index is -3.53. The quantitative estimate of drug-likeness (QED) is 0.765. The van der Waals surface area contributed by atoms with Gasteiger partial charge in [0.1, 0.15) is 5.88 Å². The number of aromatic amines is 1. The Morgan fingerprint density at radius 3 is 2.62 bits per heavy atom. The number of hydrogen-bond donors (Lipinski definition) is 1. The number of rotatable bonds is 3. The highest BCUT2D eigenvalue weighted by Gasteiger charge is 2.14. The molecule has 1 N–H and O–H groups in total. The van der Waals surface area contributed by atoms with Gasteiger partial charge in [-0.25, -0.2) is 17.8 Å². The molecule has 0 aliphatic heterocycles. The Hall–Kier alpha value is -2.74. The summed E-state index contributed by atoms with van der Waals surface area (Å²) in [5.74, 6) is -0.660. The van der Waals surface area contributed by atoms with E-state index in [0.717, 1.165) is 22.9 Å². The lowest BCUT2D eigenvalue weighted by molar-refractivity contribution is 0.584. The minimum Gasteiger partial charge on any atom is -0.307 e. The minimum absolute atomic E-state index is 0.253. The van der Waals surface area contributed by atoms with E-state index >= 15 is 0 Å². The molecule has 3 aromatic rings. The molecule has 0 aliphatic carbocycles. The number of pyridine rings is 1. The number of sulfone groups is 1. The molecule has 0 saturated carbocycles. The molecular weight excluding hydrogens is 330 g/mol. The predicted octanol–water partition coefficient (Wildman–Crippen LogP) is 1.06. The summed E-state index contributed by atoms with van der Waals surface area (Å²) in [6.45, 7) is 1.86. The Balaban J connectivity index is 2.33. The van der Waals surface area contributed by atoms with Gasteiger partial charge in [0.15, 0.2) is 9.84 Å². The Morgan fingerprint density at radius 1 is 1.25 bits per heavy atom. The van der Waals surface area contributed by atoms with Gasteiger partial charge in [0, 0.05) is 24.2 Å². The van der Waals surface area contributed by atoms with Crippen molar-refractivity contribution in [3.8, 4) is 11.1 Å². The van der Waals surface area contributed by atoms with Gasteiger partial charge in [0.25, 0.3) is 5.56 Å². The van der Waals surface area contributed by atoms with Crippen molar-refractivity contribution in [2.24, 2.45) is 0 Å². The van der Waals surface area contributed by atoms with Crippen LogP contribution in [0.2, 0.25) is 0 Å².